The number of carboxylic acid groups (broad SMARTS) is 1. The first-order valence-corrected chi connectivity index (χ1v) is 8.25. The van der Waals surface area contributed by atoms with Gasteiger partial charge in [0.25, 0.3) is 0 Å². The number of carbonyl (C=O) groups excluding carboxylic acids is 3. The highest BCUT2D eigenvalue weighted by Gasteiger charge is 2.33. The zero-order valence-corrected chi connectivity index (χ0v) is 15.4. The van der Waals surface area contributed by atoms with Crippen molar-refractivity contribution < 1.29 is 39.6 Å². The molecular formula is C15H28N4O8. The van der Waals surface area contributed by atoms with E-state index in [0.717, 1.165) is 0 Å². The van der Waals surface area contributed by atoms with Crippen molar-refractivity contribution >= 4 is 23.7 Å². The van der Waals surface area contributed by atoms with Gasteiger partial charge in [-0.25, -0.2) is 4.79 Å². The second-order valence-electron chi connectivity index (χ2n) is 6.33. The van der Waals surface area contributed by atoms with Crippen molar-refractivity contribution in [1.29, 1.82) is 0 Å². The number of hydrogen-bond donors (Lipinski definition) is 8. The molecule has 0 saturated heterocycles. The van der Waals surface area contributed by atoms with Crippen LogP contribution in [0.4, 0.5) is 0 Å². The maximum absolute atomic E-state index is 12.3. The number of nitrogens with two attached hydrogens (primary N) is 1. The molecule has 0 aliphatic rings. The molecule has 0 heterocycles. The number of aliphatic hydroxyl groups is 3. The van der Waals surface area contributed by atoms with Gasteiger partial charge in [0.1, 0.15) is 24.2 Å². The van der Waals surface area contributed by atoms with E-state index in [1.165, 1.54) is 6.92 Å². The molecule has 0 aromatic heterocycles. The van der Waals surface area contributed by atoms with Gasteiger partial charge in [-0.3, -0.25) is 14.4 Å². The van der Waals surface area contributed by atoms with Crippen molar-refractivity contribution in [2.45, 2.75) is 51.0 Å². The molecule has 0 spiro atoms. The fraction of sp³-hybridized carbons (Fsp3) is 0.733. The Labute approximate surface area is 156 Å². The molecule has 12 heteroatoms. The molecule has 0 bridgehead atoms. The lowest BCUT2D eigenvalue weighted by Crippen LogP contribution is -2.61. The van der Waals surface area contributed by atoms with E-state index in [-0.39, 0.29) is 0 Å². The fourth-order valence-corrected chi connectivity index (χ4v) is 1.97. The molecule has 0 radical (unpaired) electrons. The first-order chi connectivity index (χ1) is 12.5. The van der Waals surface area contributed by atoms with E-state index < -0.39 is 73.1 Å². The van der Waals surface area contributed by atoms with Crippen molar-refractivity contribution in [2.24, 2.45) is 11.7 Å². The molecule has 0 rings (SSSR count). The van der Waals surface area contributed by atoms with Gasteiger partial charge in [-0.15, -0.1) is 0 Å². The number of carbonyl (C=O) groups is 4. The Morgan fingerprint density at radius 2 is 1.37 bits per heavy atom. The zero-order valence-electron chi connectivity index (χ0n) is 15.4. The number of rotatable bonds is 11. The summed E-state index contributed by atoms with van der Waals surface area (Å²) in [6.45, 7) is 2.81. The van der Waals surface area contributed by atoms with Gasteiger partial charge >= 0.3 is 5.97 Å². The van der Waals surface area contributed by atoms with Crippen LogP contribution in [0.2, 0.25) is 0 Å². The molecule has 12 nitrogen and oxygen atoms in total. The topological polar surface area (TPSA) is 211 Å². The summed E-state index contributed by atoms with van der Waals surface area (Å²) in [6.07, 6.45) is -1.40. The molecule has 0 aromatic rings. The predicted octanol–water partition coefficient (Wildman–Crippen LogP) is -4.13. The highest BCUT2D eigenvalue weighted by molar-refractivity contribution is 5.94. The third-order valence-electron chi connectivity index (χ3n) is 3.64. The number of hydrogen-bond acceptors (Lipinski definition) is 8. The normalized spacial score (nSPS) is 16.6. The molecule has 0 aliphatic heterocycles. The van der Waals surface area contributed by atoms with Crippen LogP contribution in [-0.2, 0) is 19.2 Å². The minimum Gasteiger partial charge on any atom is -0.480 e. The Kier molecular flexibility index (Phi) is 10.5. The molecule has 5 unspecified atom stereocenters. The van der Waals surface area contributed by atoms with Crippen LogP contribution in [-0.4, -0.2) is 87.6 Å². The lowest BCUT2D eigenvalue weighted by molar-refractivity contribution is -0.144. The van der Waals surface area contributed by atoms with Crippen molar-refractivity contribution in [3.63, 3.8) is 0 Å². The average Bonchev–Trinajstić information content (AvgIpc) is 2.59. The summed E-state index contributed by atoms with van der Waals surface area (Å²) < 4.78 is 0. The Bertz CT molecular complexity index is 540. The van der Waals surface area contributed by atoms with Crippen LogP contribution in [0, 0.1) is 5.92 Å². The van der Waals surface area contributed by atoms with Crippen molar-refractivity contribution in [1.82, 2.24) is 16.0 Å². The van der Waals surface area contributed by atoms with Crippen LogP contribution >= 0.6 is 0 Å². The van der Waals surface area contributed by atoms with Crippen molar-refractivity contribution in [2.75, 3.05) is 13.2 Å². The zero-order chi connectivity index (χ0) is 21.3. The van der Waals surface area contributed by atoms with Gasteiger partial charge in [0.05, 0.1) is 19.3 Å². The van der Waals surface area contributed by atoms with E-state index in [9.17, 15) is 29.4 Å². The molecule has 9 N–H and O–H groups in total. The molecule has 0 aliphatic carbocycles. The molecule has 156 valence electrons. The maximum atomic E-state index is 12.3. The van der Waals surface area contributed by atoms with Gasteiger partial charge < -0.3 is 42.1 Å². The van der Waals surface area contributed by atoms with E-state index in [1.54, 1.807) is 13.8 Å². The molecular weight excluding hydrogens is 364 g/mol. The lowest BCUT2D eigenvalue weighted by atomic mass is 10.0. The Hall–Kier alpha value is -2.28. The van der Waals surface area contributed by atoms with Crippen LogP contribution in [0.5, 0.6) is 0 Å². The molecule has 0 saturated carbocycles. The first kappa shape index (κ1) is 24.7. The second kappa shape index (κ2) is 11.4. The molecule has 0 fully saturated rings. The number of amides is 3. The number of aliphatic hydroxyl groups excluding tert-OH is 3. The van der Waals surface area contributed by atoms with Gasteiger partial charge in [-0.05, 0) is 12.8 Å². The maximum Gasteiger partial charge on any atom is 0.326 e. The minimum absolute atomic E-state index is 0.457. The monoisotopic (exact) mass is 392 g/mol. The van der Waals surface area contributed by atoms with E-state index in [4.69, 9.17) is 15.9 Å². The third-order valence-corrected chi connectivity index (χ3v) is 3.64. The Morgan fingerprint density at radius 3 is 1.74 bits per heavy atom. The Balaban J connectivity index is 5.16. The minimum atomic E-state index is -1.53. The third kappa shape index (κ3) is 7.86. The second-order valence-corrected chi connectivity index (χ2v) is 6.33. The summed E-state index contributed by atoms with van der Waals surface area (Å²) in [5, 5.41) is 43.4. The highest BCUT2D eigenvalue weighted by atomic mass is 16.4. The van der Waals surface area contributed by atoms with Crippen molar-refractivity contribution in [3.05, 3.63) is 0 Å². The van der Waals surface area contributed by atoms with E-state index in [1.807, 2.05) is 0 Å². The molecule has 0 aromatic carbocycles. The predicted molar refractivity (Wildman–Crippen MR) is 92.1 cm³/mol. The molecule has 27 heavy (non-hydrogen) atoms. The van der Waals surface area contributed by atoms with E-state index >= 15 is 0 Å². The SMILES string of the molecule is CC(C)C(NC(=O)C(NC(=O)C(CO)NC(=O)C(N)CO)C(C)O)C(=O)O. The summed E-state index contributed by atoms with van der Waals surface area (Å²) in [6, 6.07) is -5.59. The number of nitrogens with one attached hydrogen (secondary N) is 3. The fourth-order valence-electron chi connectivity index (χ4n) is 1.97. The van der Waals surface area contributed by atoms with Gasteiger partial charge in [0.15, 0.2) is 0 Å². The Morgan fingerprint density at radius 1 is 0.852 bits per heavy atom. The first-order valence-electron chi connectivity index (χ1n) is 8.25. The van der Waals surface area contributed by atoms with Crippen LogP contribution in [0.15, 0.2) is 0 Å². The van der Waals surface area contributed by atoms with E-state index in [0.29, 0.717) is 0 Å². The standard InChI is InChI=1S/C15H28N4O8/c1-6(2)10(15(26)27)18-14(25)11(7(3)22)19-13(24)9(5-21)17-12(23)8(16)4-20/h6-11,20-22H,4-5,16H2,1-3H3,(H,17,23)(H,18,25)(H,19,24)(H,26,27). The molecule has 3 amide bonds. The lowest BCUT2D eigenvalue weighted by Gasteiger charge is -2.26. The summed E-state index contributed by atoms with van der Waals surface area (Å²) in [5.41, 5.74) is 5.29. The smallest absolute Gasteiger partial charge is 0.326 e. The summed E-state index contributed by atoms with van der Waals surface area (Å²) in [7, 11) is 0. The van der Waals surface area contributed by atoms with Crippen LogP contribution in [0.1, 0.15) is 20.8 Å². The highest BCUT2D eigenvalue weighted by Crippen LogP contribution is 2.04. The number of carboxylic acids is 1. The van der Waals surface area contributed by atoms with Crippen molar-refractivity contribution in [3.8, 4) is 0 Å². The quantitative estimate of drug-likeness (QED) is 0.171. The summed E-state index contributed by atoms with van der Waals surface area (Å²) in [5.74, 6) is -4.60. The van der Waals surface area contributed by atoms with Crippen LogP contribution in [0.3, 0.4) is 0 Å². The van der Waals surface area contributed by atoms with E-state index in [2.05, 4.69) is 16.0 Å². The van der Waals surface area contributed by atoms with Crippen LogP contribution in [0.25, 0.3) is 0 Å². The van der Waals surface area contributed by atoms with Crippen LogP contribution < -0.4 is 21.7 Å². The largest absolute Gasteiger partial charge is 0.480 e. The van der Waals surface area contributed by atoms with Gasteiger partial charge in [0, 0.05) is 0 Å². The number of aliphatic carboxylic acids is 1. The summed E-state index contributed by atoms with van der Waals surface area (Å²) >= 11 is 0. The van der Waals surface area contributed by atoms with Gasteiger partial charge in [-0.2, -0.15) is 0 Å². The van der Waals surface area contributed by atoms with Gasteiger partial charge in [0.2, 0.25) is 17.7 Å². The summed E-state index contributed by atoms with van der Waals surface area (Å²) in [4.78, 5) is 47.3. The van der Waals surface area contributed by atoms with Gasteiger partial charge in [-0.1, -0.05) is 13.8 Å². The molecule has 5 atom stereocenters. The average molecular weight is 392 g/mol.